The number of rotatable bonds is 3. The molecule has 6 nitrogen and oxygen atoms in total. The van der Waals surface area contributed by atoms with E-state index in [0.29, 0.717) is 0 Å². The molecule has 1 saturated heterocycles. The Bertz CT molecular complexity index is 397. The Morgan fingerprint density at radius 1 is 1.41 bits per heavy atom. The van der Waals surface area contributed by atoms with Gasteiger partial charge in [-0.1, -0.05) is 20.8 Å². The Morgan fingerprint density at radius 3 is 2.35 bits per heavy atom. The average Bonchev–Trinajstić information content (AvgIpc) is 2.43. The van der Waals surface area contributed by atoms with Crippen LogP contribution in [0.1, 0.15) is 27.2 Å². The van der Waals surface area contributed by atoms with E-state index in [-0.39, 0.29) is 18.7 Å². The first kappa shape index (κ1) is 14.4. The predicted octanol–water partition coefficient (Wildman–Crippen LogP) is -0.118. The van der Waals surface area contributed by atoms with Crippen LogP contribution in [0.25, 0.3) is 0 Å². The molecule has 0 amide bonds. The van der Waals surface area contributed by atoms with Gasteiger partial charge >= 0.3 is 5.97 Å². The van der Waals surface area contributed by atoms with Gasteiger partial charge in [0.05, 0.1) is 11.9 Å². The van der Waals surface area contributed by atoms with E-state index in [1.54, 1.807) is 20.8 Å². The predicted molar refractivity (Wildman–Crippen MR) is 62.0 cm³/mol. The van der Waals surface area contributed by atoms with Crippen molar-refractivity contribution in [3.63, 3.8) is 0 Å². The van der Waals surface area contributed by atoms with Crippen LogP contribution in [-0.2, 0) is 14.8 Å². The first-order valence-corrected chi connectivity index (χ1v) is 7.04. The van der Waals surface area contributed by atoms with Gasteiger partial charge in [-0.15, -0.1) is 0 Å². The van der Waals surface area contributed by atoms with Crippen LogP contribution < -0.4 is 0 Å². The lowest BCUT2D eigenvalue weighted by atomic mass is 10.0. The molecule has 0 aromatic carbocycles. The van der Waals surface area contributed by atoms with Gasteiger partial charge in [-0.25, -0.2) is 8.42 Å². The van der Waals surface area contributed by atoms with Crippen molar-refractivity contribution in [2.24, 2.45) is 5.41 Å². The Hall–Kier alpha value is -0.660. The zero-order valence-electron chi connectivity index (χ0n) is 10.3. The zero-order valence-corrected chi connectivity index (χ0v) is 11.1. The topological polar surface area (TPSA) is 94.9 Å². The van der Waals surface area contributed by atoms with Crippen LogP contribution in [0.2, 0.25) is 0 Å². The van der Waals surface area contributed by atoms with Gasteiger partial charge in [0.25, 0.3) is 0 Å². The van der Waals surface area contributed by atoms with Crippen LogP contribution in [0.5, 0.6) is 0 Å². The standard InChI is InChI=1S/C10H19NO5S/c1-10(2,3)6-17(15,16)11-5-7(12)4-8(11)9(13)14/h7-8,12H,4-6H2,1-3H3,(H,13,14)/t7-,8+/m1/s1. The van der Waals surface area contributed by atoms with Gasteiger partial charge in [0.1, 0.15) is 6.04 Å². The number of nitrogens with zero attached hydrogens (tertiary/aromatic N) is 1. The Morgan fingerprint density at radius 2 is 1.94 bits per heavy atom. The Labute approximate surface area is 101 Å². The van der Waals surface area contributed by atoms with Crippen LogP contribution in [0.15, 0.2) is 0 Å². The molecule has 1 heterocycles. The van der Waals surface area contributed by atoms with Crippen LogP contribution in [0.3, 0.4) is 0 Å². The summed E-state index contributed by atoms with van der Waals surface area (Å²) in [6.45, 7) is 5.18. The van der Waals surface area contributed by atoms with Crippen molar-refractivity contribution >= 4 is 16.0 Å². The molecule has 0 unspecified atom stereocenters. The van der Waals surface area contributed by atoms with Crippen LogP contribution in [0.4, 0.5) is 0 Å². The molecular weight excluding hydrogens is 246 g/mol. The van der Waals surface area contributed by atoms with Crippen LogP contribution >= 0.6 is 0 Å². The molecule has 0 aromatic rings. The molecule has 1 fully saturated rings. The Balaban J connectivity index is 2.94. The maximum absolute atomic E-state index is 12.1. The summed E-state index contributed by atoms with van der Waals surface area (Å²) in [5.74, 6) is -1.34. The van der Waals surface area contributed by atoms with E-state index in [2.05, 4.69) is 0 Å². The molecule has 7 heteroatoms. The molecule has 1 aliphatic heterocycles. The number of carboxylic acids is 1. The molecule has 0 aromatic heterocycles. The van der Waals surface area contributed by atoms with Crippen molar-refractivity contribution < 1.29 is 23.4 Å². The number of aliphatic carboxylic acids is 1. The monoisotopic (exact) mass is 265 g/mol. The van der Waals surface area contributed by atoms with Crippen LogP contribution in [0, 0.1) is 5.41 Å². The smallest absolute Gasteiger partial charge is 0.322 e. The van der Waals surface area contributed by atoms with E-state index in [9.17, 15) is 18.3 Å². The lowest BCUT2D eigenvalue weighted by Gasteiger charge is -2.25. The maximum atomic E-state index is 12.1. The second kappa shape index (κ2) is 4.55. The number of carbonyl (C=O) groups is 1. The summed E-state index contributed by atoms with van der Waals surface area (Å²) in [6.07, 6.45) is -0.940. The minimum absolute atomic E-state index is 0.0430. The van der Waals surface area contributed by atoms with E-state index >= 15 is 0 Å². The number of aliphatic hydroxyl groups is 1. The highest BCUT2D eigenvalue weighted by Gasteiger charge is 2.43. The lowest BCUT2D eigenvalue weighted by molar-refractivity contribution is -0.140. The number of sulfonamides is 1. The summed E-state index contributed by atoms with van der Waals surface area (Å²) in [4.78, 5) is 11.0. The average molecular weight is 265 g/mol. The lowest BCUT2D eigenvalue weighted by Crippen LogP contribution is -2.43. The summed E-state index contributed by atoms with van der Waals surface area (Å²) in [5, 5.41) is 18.4. The number of β-amino-alcohol motifs (C(OH)–C–C–N with tert-alkyl or cyclic N) is 1. The maximum Gasteiger partial charge on any atom is 0.322 e. The van der Waals surface area contributed by atoms with E-state index < -0.39 is 33.6 Å². The molecule has 0 radical (unpaired) electrons. The largest absolute Gasteiger partial charge is 0.480 e. The number of carboxylic acid groups (broad SMARTS) is 1. The van der Waals surface area contributed by atoms with Crippen molar-refractivity contribution in [2.45, 2.75) is 39.3 Å². The number of hydrogen-bond acceptors (Lipinski definition) is 4. The summed E-state index contributed by atoms with van der Waals surface area (Å²) in [7, 11) is -3.65. The van der Waals surface area contributed by atoms with Gasteiger partial charge in [0.2, 0.25) is 10.0 Å². The molecule has 1 aliphatic rings. The highest BCUT2D eigenvalue weighted by atomic mass is 32.2. The zero-order chi connectivity index (χ0) is 13.4. The second-order valence-electron chi connectivity index (χ2n) is 5.63. The normalized spacial score (nSPS) is 27.3. The van der Waals surface area contributed by atoms with Gasteiger partial charge in [0.15, 0.2) is 0 Å². The van der Waals surface area contributed by atoms with Gasteiger partial charge in [-0.05, 0) is 5.41 Å². The molecule has 1 rings (SSSR count). The van der Waals surface area contributed by atoms with Gasteiger partial charge < -0.3 is 10.2 Å². The SMILES string of the molecule is CC(C)(C)CS(=O)(=O)N1C[C@H](O)C[C@H]1C(=O)O. The van der Waals surface area contributed by atoms with E-state index in [4.69, 9.17) is 5.11 Å². The fourth-order valence-electron chi connectivity index (χ4n) is 1.95. The van der Waals surface area contributed by atoms with E-state index in [0.717, 1.165) is 4.31 Å². The van der Waals surface area contributed by atoms with Crippen molar-refractivity contribution in [3.8, 4) is 0 Å². The fourth-order valence-corrected chi connectivity index (χ4v) is 4.17. The summed E-state index contributed by atoms with van der Waals surface area (Å²) in [6, 6.07) is -1.14. The fraction of sp³-hybridized carbons (Fsp3) is 0.900. The van der Waals surface area contributed by atoms with Crippen molar-refractivity contribution in [2.75, 3.05) is 12.3 Å². The summed E-state index contributed by atoms with van der Waals surface area (Å²) >= 11 is 0. The third-order valence-electron chi connectivity index (χ3n) is 2.49. The molecule has 0 saturated carbocycles. The molecule has 2 N–H and O–H groups in total. The molecule has 2 atom stereocenters. The highest BCUT2D eigenvalue weighted by molar-refractivity contribution is 7.89. The quantitative estimate of drug-likeness (QED) is 0.742. The Kier molecular flexibility index (Phi) is 3.85. The highest BCUT2D eigenvalue weighted by Crippen LogP contribution is 2.26. The van der Waals surface area contributed by atoms with Gasteiger partial charge in [0, 0.05) is 13.0 Å². The molecule has 100 valence electrons. The van der Waals surface area contributed by atoms with Gasteiger partial charge in [-0.3, -0.25) is 4.79 Å². The minimum atomic E-state index is -3.65. The van der Waals surface area contributed by atoms with Crippen molar-refractivity contribution in [1.82, 2.24) is 4.31 Å². The molecule has 0 spiro atoms. The molecule has 0 aliphatic carbocycles. The minimum Gasteiger partial charge on any atom is -0.480 e. The first-order valence-electron chi connectivity index (χ1n) is 5.43. The number of hydrogen-bond donors (Lipinski definition) is 2. The van der Waals surface area contributed by atoms with Gasteiger partial charge in [-0.2, -0.15) is 4.31 Å². The molecule has 17 heavy (non-hydrogen) atoms. The van der Waals surface area contributed by atoms with E-state index in [1.807, 2.05) is 0 Å². The molecular formula is C10H19NO5S. The van der Waals surface area contributed by atoms with Crippen molar-refractivity contribution in [3.05, 3.63) is 0 Å². The van der Waals surface area contributed by atoms with Crippen LogP contribution in [-0.4, -0.2) is 53.3 Å². The van der Waals surface area contributed by atoms with Crippen molar-refractivity contribution in [1.29, 1.82) is 0 Å². The third-order valence-corrected chi connectivity index (χ3v) is 4.84. The second-order valence-corrected chi connectivity index (χ2v) is 7.55. The first-order chi connectivity index (χ1) is 7.53. The number of aliphatic hydroxyl groups excluding tert-OH is 1. The summed E-state index contributed by atoms with van der Waals surface area (Å²) in [5.41, 5.74) is -0.449. The summed E-state index contributed by atoms with van der Waals surface area (Å²) < 4.78 is 25.0. The third kappa shape index (κ3) is 3.65. The molecule has 0 bridgehead atoms. The van der Waals surface area contributed by atoms with E-state index in [1.165, 1.54) is 0 Å².